The van der Waals surface area contributed by atoms with Crippen LogP contribution >= 0.6 is 0 Å². The van der Waals surface area contributed by atoms with Crippen molar-refractivity contribution >= 4 is 0 Å². The van der Waals surface area contributed by atoms with E-state index in [2.05, 4.69) is 0 Å². The van der Waals surface area contributed by atoms with Crippen LogP contribution in [0.2, 0.25) is 0 Å². The van der Waals surface area contributed by atoms with Crippen molar-refractivity contribution in [3.8, 4) is 0 Å². The van der Waals surface area contributed by atoms with Gasteiger partial charge in [0, 0.05) is 18.4 Å². The minimum absolute atomic E-state index is 0.0205. The van der Waals surface area contributed by atoms with E-state index in [1.165, 1.54) is 0 Å². The van der Waals surface area contributed by atoms with Gasteiger partial charge in [0.1, 0.15) is 0 Å². The van der Waals surface area contributed by atoms with Gasteiger partial charge in [0.05, 0.1) is 0 Å². The summed E-state index contributed by atoms with van der Waals surface area (Å²) in [6.45, 7) is 1.89. The van der Waals surface area contributed by atoms with Crippen molar-refractivity contribution in [3.05, 3.63) is 35.4 Å². The second-order valence-corrected chi connectivity index (χ2v) is 5.01. The third-order valence-electron chi connectivity index (χ3n) is 3.63. The zero-order valence-electron chi connectivity index (χ0n) is 10.1. The minimum Gasteiger partial charge on any atom is -0.324 e. The fourth-order valence-corrected chi connectivity index (χ4v) is 2.54. The van der Waals surface area contributed by atoms with Crippen molar-refractivity contribution in [1.29, 1.82) is 0 Å². The molecular formula is C14H19F2N. The zero-order chi connectivity index (χ0) is 12.5. The Morgan fingerprint density at radius 1 is 1.24 bits per heavy atom. The second kappa shape index (κ2) is 4.73. The first-order valence-corrected chi connectivity index (χ1v) is 6.24. The van der Waals surface area contributed by atoms with E-state index < -0.39 is 11.8 Å². The third-order valence-corrected chi connectivity index (χ3v) is 3.63. The molecule has 1 fully saturated rings. The smallest absolute Gasteiger partial charge is 0.254 e. The van der Waals surface area contributed by atoms with Crippen molar-refractivity contribution in [2.24, 2.45) is 5.73 Å². The van der Waals surface area contributed by atoms with Gasteiger partial charge in [-0.2, -0.15) is 0 Å². The van der Waals surface area contributed by atoms with Crippen molar-refractivity contribution in [2.75, 3.05) is 0 Å². The molecule has 1 aromatic rings. The molecule has 0 aromatic heterocycles. The minimum atomic E-state index is -2.55. The largest absolute Gasteiger partial charge is 0.324 e. The van der Waals surface area contributed by atoms with Crippen LogP contribution in [0.5, 0.6) is 0 Å². The predicted octanol–water partition coefficient (Wildman–Crippen LogP) is 4.00. The number of nitrogens with two attached hydrogens (primary N) is 1. The molecule has 2 unspecified atom stereocenters. The monoisotopic (exact) mass is 239 g/mol. The molecule has 0 amide bonds. The number of alkyl halides is 2. The van der Waals surface area contributed by atoms with Gasteiger partial charge in [0.2, 0.25) is 0 Å². The number of hydrogen-bond acceptors (Lipinski definition) is 1. The van der Waals surface area contributed by atoms with Gasteiger partial charge in [0.25, 0.3) is 5.92 Å². The average molecular weight is 239 g/mol. The Hall–Kier alpha value is -0.960. The molecule has 2 N–H and O–H groups in total. The lowest BCUT2D eigenvalue weighted by Crippen LogP contribution is -2.29. The number of halogens is 2. The van der Waals surface area contributed by atoms with Crippen LogP contribution in [0.1, 0.15) is 55.7 Å². The molecule has 0 bridgehead atoms. The maximum absolute atomic E-state index is 13.8. The van der Waals surface area contributed by atoms with E-state index in [4.69, 9.17) is 5.73 Å². The summed E-state index contributed by atoms with van der Waals surface area (Å²) in [5, 5.41) is 0. The van der Waals surface area contributed by atoms with Gasteiger partial charge in [-0.25, -0.2) is 8.78 Å². The summed E-state index contributed by atoms with van der Waals surface area (Å²) in [6, 6.07) is 7.30. The maximum atomic E-state index is 13.8. The van der Waals surface area contributed by atoms with Gasteiger partial charge < -0.3 is 5.73 Å². The summed E-state index contributed by atoms with van der Waals surface area (Å²) in [4.78, 5) is 0. The van der Waals surface area contributed by atoms with Crippen LogP contribution in [0.25, 0.3) is 0 Å². The maximum Gasteiger partial charge on any atom is 0.254 e. The Kier molecular flexibility index (Phi) is 3.48. The molecule has 2 rings (SSSR count). The van der Waals surface area contributed by atoms with Crippen molar-refractivity contribution in [1.82, 2.24) is 0 Å². The fraction of sp³-hybridized carbons (Fsp3) is 0.571. The lowest BCUT2D eigenvalue weighted by Gasteiger charge is -2.31. The summed E-state index contributed by atoms with van der Waals surface area (Å²) >= 11 is 0. The highest BCUT2D eigenvalue weighted by molar-refractivity contribution is 5.28. The molecule has 0 aliphatic heterocycles. The van der Waals surface area contributed by atoms with E-state index in [1.807, 2.05) is 31.2 Å². The van der Waals surface area contributed by atoms with E-state index in [0.717, 1.165) is 17.5 Å². The molecule has 1 saturated carbocycles. The molecule has 1 nitrogen and oxygen atoms in total. The average Bonchev–Trinajstić information content (AvgIpc) is 2.28. The van der Waals surface area contributed by atoms with E-state index in [0.29, 0.717) is 12.8 Å². The Morgan fingerprint density at radius 3 is 2.41 bits per heavy atom. The molecule has 0 heterocycles. The van der Waals surface area contributed by atoms with Crippen molar-refractivity contribution < 1.29 is 8.78 Å². The Bertz CT molecular complexity index is 370. The van der Waals surface area contributed by atoms with Gasteiger partial charge in [-0.3, -0.25) is 0 Å². The first-order chi connectivity index (χ1) is 8.00. The van der Waals surface area contributed by atoms with Gasteiger partial charge in [-0.15, -0.1) is 0 Å². The van der Waals surface area contributed by atoms with Crippen molar-refractivity contribution in [2.45, 2.75) is 50.5 Å². The lowest BCUT2D eigenvalue weighted by atomic mass is 9.80. The van der Waals surface area contributed by atoms with Crippen molar-refractivity contribution in [3.63, 3.8) is 0 Å². The first kappa shape index (κ1) is 12.5. The molecule has 0 saturated heterocycles. The van der Waals surface area contributed by atoms with Crippen LogP contribution in [-0.2, 0) is 0 Å². The number of benzene rings is 1. The van der Waals surface area contributed by atoms with Crippen LogP contribution in [0, 0.1) is 0 Å². The van der Waals surface area contributed by atoms with Crippen LogP contribution in [0.3, 0.4) is 0 Å². The lowest BCUT2D eigenvalue weighted by molar-refractivity contribution is -0.0547. The molecule has 17 heavy (non-hydrogen) atoms. The van der Waals surface area contributed by atoms with Gasteiger partial charge in [-0.1, -0.05) is 30.7 Å². The summed E-state index contributed by atoms with van der Waals surface area (Å²) in [7, 11) is 0. The fourth-order valence-electron chi connectivity index (χ4n) is 2.54. The van der Waals surface area contributed by atoms with Gasteiger partial charge >= 0.3 is 0 Å². The van der Waals surface area contributed by atoms with Gasteiger partial charge in [-0.05, 0) is 30.9 Å². The molecule has 0 radical (unpaired) electrons. The molecule has 1 aliphatic carbocycles. The molecular weight excluding hydrogens is 220 g/mol. The SMILES string of the molecule is CC(N)c1ccc(C2CCCCC2(F)F)cc1. The van der Waals surface area contributed by atoms with E-state index >= 15 is 0 Å². The predicted molar refractivity (Wildman–Crippen MR) is 65.2 cm³/mol. The van der Waals surface area contributed by atoms with Crippen LogP contribution in [-0.4, -0.2) is 5.92 Å². The molecule has 0 spiro atoms. The zero-order valence-corrected chi connectivity index (χ0v) is 10.1. The standard InChI is InChI=1S/C14H19F2N/c1-10(17)11-5-7-12(8-6-11)13-4-2-3-9-14(13,15)16/h5-8,10,13H,2-4,9,17H2,1H3. The Labute approximate surface area is 101 Å². The summed E-state index contributed by atoms with van der Waals surface area (Å²) in [5.74, 6) is -3.16. The third kappa shape index (κ3) is 2.65. The summed E-state index contributed by atoms with van der Waals surface area (Å²) in [6.07, 6.45) is 2.15. The molecule has 1 aromatic carbocycles. The van der Waals surface area contributed by atoms with E-state index in [1.54, 1.807) is 0 Å². The van der Waals surface area contributed by atoms with Crippen LogP contribution in [0.15, 0.2) is 24.3 Å². The normalized spacial score (nSPS) is 25.5. The molecule has 3 heteroatoms. The summed E-state index contributed by atoms with van der Waals surface area (Å²) < 4.78 is 27.6. The van der Waals surface area contributed by atoms with E-state index in [-0.39, 0.29) is 12.5 Å². The van der Waals surface area contributed by atoms with Crippen LogP contribution < -0.4 is 5.73 Å². The molecule has 2 atom stereocenters. The highest BCUT2D eigenvalue weighted by Crippen LogP contribution is 2.44. The summed E-state index contributed by atoms with van der Waals surface area (Å²) in [5.41, 5.74) is 7.49. The highest BCUT2D eigenvalue weighted by atomic mass is 19.3. The van der Waals surface area contributed by atoms with Crippen LogP contribution in [0.4, 0.5) is 8.78 Å². The van der Waals surface area contributed by atoms with E-state index in [9.17, 15) is 8.78 Å². The Balaban J connectivity index is 2.21. The van der Waals surface area contributed by atoms with Gasteiger partial charge in [0.15, 0.2) is 0 Å². The quantitative estimate of drug-likeness (QED) is 0.829. The number of hydrogen-bond donors (Lipinski definition) is 1. The second-order valence-electron chi connectivity index (χ2n) is 5.01. The number of rotatable bonds is 2. The highest BCUT2D eigenvalue weighted by Gasteiger charge is 2.41. The molecule has 1 aliphatic rings. The molecule has 94 valence electrons. The Morgan fingerprint density at radius 2 is 1.88 bits per heavy atom. The topological polar surface area (TPSA) is 26.0 Å². The first-order valence-electron chi connectivity index (χ1n) is 6.24.